The molecule has 2 aliphatic rings. The molecule has 0 saturated carbocycles. The van der Waals surface area contributed by atoms with Crippen molar-refractivity contribution in [3.8, 4) is 17.2 Å². The van der Waals surface area contributed by atoms with Gasteiger partial charge in [0.2, 0.25) is 5.91 Å². The summed E-state index contributed by atoms with van der Waals surface area (Å²) >= 11 is 0. The fraction of sp³-hybridized carbons (Fsp3) is 0.286. The summed E-state index contributed by atoms with van der Waals surface area (Å²) in [5.74, 6) is -0.132. The van der Waals surface area contributed by atoms with Crippen molar-refractivity contribution in [1.29, 1.82) is 0 Å². The van der Waals surface area contributed by atoms with E-state index >= 15 is 4.79 Å². The van der Waals surface area contributed by atoms with Gasteiger partial charge in [0.1, 0.15) is 17.2 Å². The largest absolute Gasteiger partial charge is 0.497 e. The molecule has 3 N–H and O–H groups in total. The summed E-state index contributed by atoms with van der Waals surface area (Å²) in [4.78, 5) is 60.5. The Labute approximate surface area is 403 Å². The highest BCUT2D eigenvalue weighted by Crippen LogP contribution is 2.60. The Bertz CT molecular complexity index is 2780. The van der Waals surface area contributed by atoms with Crippen molar-refractivity contribution in [3.63, 3.8) is 0 Å². The van der Waals surface area contributed by atoms with Crippen LogP contribution in [0.3, 0.4) is 0 Å². The van der Waals surface area contributed by atoms with E-state index < -0.39 is 29.0 Å². The molecule has 6 aromatic carbocycles. The van der Waals surface area contributed by atoms with Gasteiger partial charge in [-0.3, -0.25) is 19.2 Å². The van der Waals surface area contributed by atoms with Crippen molar-refractivity contribution in [3.05, 3.63) is 179 Å². The number of carbonyl (C=O) groups is 4. The fourth-order valence-electron chi connectivity index (χ4n) is 10.0. The van der Waals surface area contributed by atoms with Crippen molar-refractivity contribution in [2.24, 2.45) is 11.8 Å². The van der Waals surface area contributed by atoms with Gasteiger partial charge < -0.3 is 44.5 Å². The predicted octanol–water partition coefficient (Wildman–Crippen LogP) is 9.00. The first kappa shape index (κ1) is 48.0. The van der Waals surface area contributed by atoms with Gasteiger partial charge in [-0.25, -0.2) is 0 Å². The van der Waals surface area contributed by atoms with Crippen LogP contribution < -0.4 is 29.7 Å². The first-order chi connectivity index (χ1) is 33.3. The van der Waals surface area contributed by atoms with Crippen LogP contribution >= 0.6 is 0 Å². The van der Waals surface area contributed by atoms with E-state index in [1.54, 1.807) is 97.9 Å². The second kappa shape index (κ2) is 20.4. The summed E-state index contributed by atoms with van der Waals surface area (Å²) in [6.07, 6.45) is -0.840. The molecule has 1 saturated heterocycles. The van der Waals surface area contributed by atoms with Crippen molar-refractivity contribution in [1.82, 2.24) is 4.90 Å². The monoisotopic (exact) mass is 930 g/mol. The zero-order valence-electron chi connectivity index (χ0n) is 39.7. The standard InChI is InChI=1S/C56H58N4O9/c1-36-51(55(2,3)41-18-27-46(68-6)28-19-41)49(33-50(62)59(30-31-61)34-37-10-8-7-9-11-37)69-56(36)47-32-43(58-53(64)40-16-25-45(67-5)26-17-40)22-29-48(47)60(54(56)65)35-38-12-20-42(21-13-38)57-52(63)39-14-23-44(66-4)24-15-39/h7-29,32,36,49,51,61H,30-31,33-35H2,1-6H3,(H,57,63)(H,58,64)/t36-,49+,51-,56+/m1/s1. The van der Waals surface area contributed by atoms with E-state index in [-0.39, 0.29) is 56.3 Å². The van der Waals surface area contributed by atoms with E-state index in [2.05, 4.69) is 24.5 Å². The van der Waals surface area contributed by atoms with Crippen molar-refractivity contribution in [2.45, 2.75) is 57.4 Å². The van der Waals surface area contributed by atoms with Gasteiger partial charge in [-0.15, -0.1) is 0 Å². The minimum absolute atomic E-state index is 0.0661. The molecule has 0 radical (unpaired) electrons. The Balaban J connectivity index is 1.17. The number of ether oxygens (including phenoxy) is 4. The van der Waals surface area contributed by atoms with Gasteiger partial charge in [-0.05, 0) is 113 Å². The number of aliphatic hydroxyl groups excluding tert-OH is 1. The molecule has 0 aliphatic carbocycles. The number of rotatable bonds is 17. The number of benzene rings is 6. The number of carbonyl (C=O) groups excluding carboxylic acids is 4. The normalized spacial score (nSPS) is 18.4. The van der Waals surface area contributed by atoms with Gasteiger partial charge in [0.25, 0.3) is 17.7 Å². The van der Waals surface area contributed by atoms with E-state index in [1.165, 1.54) is 0 Å². The predicted molar refractivity (Wildman–Crippen MR) is 265 cm³/mol. The fourth-order valence-corrected chi connectivity index (χ4v) is 10.0. The van der Waals surface area contributed by atoms with Crippen LogP contribution in [0.1, 0.15) is 70.2 Å². The van der Waals surface area contributed by atoms with E-state index in [9.17, 15) is 19.5 Å². The number of nitrogens with one attached hydrogen (secondary N) is 2. The third kappa shape index (κ3) is 9.79. The molecule has 0 bridgehead atoms. The Morgan fingerprint density at radius 2 is 1.25 bits per heavy atom. The van der Waals surface area contributed by atoms with Gasteiger partial charge >= 0.3 is 0 Å². The maximum absolute atomic E-state index is 15.7. The Hall–Kier alpha value is -7.48. The molecule has 4 atom stereocenters. The van der Waals surface area contributed by atoms with Crippen LogP contribution in [0.5, 0.6) is 17.2 Å². The van der Waals surface area contributed by atoms with E-state index in [4.69, 9.17) is 18.9 Å². The molecule has 2 heterocycles. The number of amides is 4. The highest BCUT2D eigenvalue weighted by Gasteiger charge is 2.66. The zero-order chi connectivity index (χ0) is 48.9. The number of aliphatic hydroxyl groups is 1. The molecule has 0 unspecified atom stereocenters. The number of nitrogens with zero attached hydrogens (tertiary/aromatic N) is 2. The quantitative estimate of drug-likeness (QED) is 0.0813. The minimum Gasteiger partial charge on any atom is -0.497 e. The maximum Gasteiger partial charge on any atom is 0.264 e. The molecular weight excluding hydrogens is 873 g/mol. The number of methoxy groups -OCH3 is 3. The average Bonchev–Trinajstić information content (AvgIpc) is 3.79. The topological polar surface area (TPSA) is 156 Å². The zero-order valence-corrected chi connectivity index (χ0v) is 39.7. The number of fused-ring (bicyclic) bond motifs is 2. The molecule has 356 valence electrons. The minimum atomic E-state index is -1.59. The van der Waals surface area contributed by atoms with Crippen LogP contribution in [-0.4, -0.2) is 74.2 Å². The lowest BCUT2D eigenvalue weighted by atomic mass is 9.63. The second-order valence-electron chi connectivity index (χ2n) is 18.1. The van der Waals surface area contributed by atoms with Crippen LogP contribution in [-0.2, 0) is 38.4 Å². The molecule has 0 aromatic heterocycles. The maximum atomic E-state index is 15.7. The number of hydrogen-bond donors (Lipinski definition) is 3. The van der Waals surface area contributed by atoms with Gasteiger partial charge in [0.15, 0.2) is 5.60 Å². The highest BCUT2D eigenvalue weighted by atomic mass is 16.5. The molecule has 8 rings (SSSR count). The Morgan fingerprint density at radius 1 is 0.710 bits per heavy atom. The smallest absolute Gasteiger partial charge is 0.264 e. The van der Waals surface area contributed by atoms with Gasteiger partial charge in [0, 0.05) is 53.0 Å². The van der Waals surface area contributed by atoms with Crippen molar-refractivity contribution < 1.29 is 43.2 Å². The van der Waals surface area contributed by atoms with Gasteiger partial charge in [-0.2, -0.15) is 0 Å². The molecule has 6 aromatic rings. The summed E-state index contributed by atoms with van der Waals surface area (Å²) in [5.41, 5.74) is 3.51. The lowest BCUT2D eigenvalue weighted by Crippen LogP contribution is -2.45. The van der Waals surface area contributed by atoms with Gasteiger partial charge in [-0.1, -0.05) is 75.4 Å². The SMILES string of the molecule is COc1ccc(C(=O)Nc2ccc(CN3C(=O)[C@@]4(O[C@@H](CC(=O)N(CCO)Cc5ccccc5)[C@H](C(C)(C)c5ccc(OC)cc5)[C@H]4C)c4cc(NC(=O)c5ccc(OC)cc5)ccc43)cc2)cc1. The Kier molecular flexibility index (Phi) is 14.2. The lowest BCUT2D eigenvalue weighted by Gasteiger charge is -2.39. The highest BCUT2D eigenvalue weighted by molar-refractivity contribution is 6.09. The van der Waals surface area contributed by atoms with Gasteiger partial charge in [0.05, 0.1) is 52.7 Å². The molecule has 1 fully saturated rings. The summed E-state index contributed by atoms with van der Waals surface area (Å²) in [7, 11) is 4.74. The van der Waals surface area contributed by atoms with E-state index in [1.807, 2.05) is 85.8 Å². The molecule has 69 heavy (non-hydrogen) atoms. The van der Waals surface area contributed by atoms with Crippen LogP contribution in [0, 0.1) is 11.8 Å². The molecule has 4 amide bonds. The van der Waals surface area contributed by atoms with E-state index in [0.717, 1.165) is 16.7 Å². The molecule has 13 nitrogen and oxygen atoms in total. The number of anilines is 3. The summed E-state index contributed by atoms with van der Waals surface area (Å²) < 4.78 is 23.4. The van der Waals surface area contributed by atoms with Crippen LogP contribution in [0.15, 0.2) is 146 Å². The summed E-state index contributed by atoms with van der Waals surface area (Å²) in [6, 6.07) is 43.8. The van der Waals surface area contributed by atoms with E-state index in [0.29, 0.717) is 51.0 Å². The van der Waals surface area contributed by atoms with Crippen LogP contribution in [0.2, 0.25) is 0 Å². The first-order valence-corrected chi connectivity index (χ1v) is 23.0. The molecular formula is C56H58N4O9. The number of hydrogen-bond acceptors (Lipinski definition) is 9. The first-order valence-electron chi connectivity index (χ1n) is 23.0. The van der Waals surface area contributed by atoms with Crippen LogP contribution in [0.4, 0.5) is 17.1 Å². The summed E-state index contributed by atoms with van der Waals surface area (Å²) in [6.45, 7) is 6.58. The second-order valence-corrected chi connectivity index (χ2v) is 18.1. The lowest BCUT2D eigenvalue weighted by molar-refractivity contribution is -0.150. The van der Waals surface area contributed by atoms with Crippen molar-refractivity contribution in [2.75, 3.05) is 50.0 Å². The summed E-state index contributed by atoms with van der Waals surface area (Å²) in [5, 5.41) is 16.1. The third-order valence-electron chi connectivity index (χ3n) is 13.7. The molecule has 1 spiro atoms. The third-order valence-corrected chi connectivity index (χ3v) is 13.7. The Morgan fingerprint density at radius 3 is 1.80 bits per heavy atom. The average molecular weight is 931 g/mol. The molecule has 2 aliphatic heterocycles. The van der Waals surface area contributed by atoms with Crippen molar-refractivity contribution >= 4 is 40.7 Å². The molecule has 13 heteroatoms. The van der Waals surface area contributed by atoms with Crippen LogP contribution in [0.25, 0.3) is 0 Å².